The number of unbranched alkanes of at least 4 members (excludes halogenated alkanes) is 2. The van der Waals surface area contributed by atoms with Crippen molar-refractivity contribution in [2.75, 3.05) is 0 Å². The van der Waals surface area contributed by atoms with Gasteiger partial charge >= 0.3 is 0 Å². The predicted molar refractivity (Wildman–Crippen MR) is 59.2 cm³/mol. The van der Waals surface area contributed by atoms with Crippen molar-refractivity contribution < 1.29 is 0 Å². The van der Waals surface area contributed by atoms with Gasteiger partial charge in [0, 0.05) is 5.70 Å². The van der Waals surface area contributed by atoms with Crippen LogP contribution in [0.25, 0.3) is 0 Å². The second kappa shape index (κ2) is 7.29. The Labute approximate surface area is 81.1 Å². The Balaban J connectivity index is 3.82. The summed E-state index contributed by atoms with van der Waals surface area (Å²) >= 11 is 3.97. The normalized spacial score (nSPS) is 13.6. The number of thiol groups is 1. The van der Waals surface area contributed by atoms with Gasteiger partial charge < -0.3 is 5.73 Å². The summed E-state index contributed by atoms with van der Waals surface area (Å²) in [5, 5.41) is 1.68. The minimum atomic E-state index is 0.862. The summed E-state index contributed by atoms with van der Waals surface area (Å²) in [6, 6.07) is 0. The topological polar surface area (TPSA) is 26.0 Å². The monoisotopic (exact) mass is 185 g/mol. The van der Waals surface area contributed by atoms with Gasteiger partial charge in [-0.15, -0.1) is 0 Å². The Morgan fingerprint density at radius 2 is 2.08 bits per heavy atom. The first-order valence-electron chi connectivity index (χ1n) is 4.48. The van der Waals surface area contributed by atoms with E-state index >= 15 is 0 Å². The fraction of sp³-hybridized carbons (Fsp3) is 0.600. The molecule has 0 amide bonds. The molecule has 0 saturated heterocycles. The molecule has 0 aromatic carbocycles. The van der Waals surface area contributed by atoms with Crippen LogP contribution >= 0.6 is 12.6 Å². The first kappa shape index (κ1) is 11.6. The van der Waals surface area contributed by atoms with E-state index in [0.29, 0.717) is 0 Å². The maximum absolute atomic E-state index is 5.75. The quantitative estimate of drug-likeness (QED) is 0.384. The molecule has 12 heavy (non-hydrogen) atoms. The van der Waals surface area contributed by atoms with Gasteiger partial charge in [-0.25, -0.2) is 0 Å². The smallest absolute Gasteiger partial charge is 0.0308 e. The molecule has 0 aliphatic carbocycles. The highest BCUT2D eigenvalue weighted by molar-refractivity contribution is 7.83. The van der Waals surface area contributed by atoms with Gasteiger partial charge in [-0.05, 0) is 31.2 Å². The fourth-order valence-electron chi connectivity index (χ4n) is 1.01. The molecule has 0 aromatic rings. The summed E-state index contributed by atoms with van der Waals surface area (Å²) in [7, 11) is 0. The second-order valence-electron chi connectivity index (χ2n) is 3.01. The fourth-order valence-corrected chi connectivity index (χ4v) is 1.17. The van der Waals surface area contributed by atoms with Gasteiger partial charge in [-0.2, -0.15) is 12.6 Å². The molecule has 0 atom stereocenters. The lowest BCUT2D eigenvalue weighted by atomic mass is 10.1. The maximum atomic E-state index is 5.75. The van der Waals surface area contributed by atoms with Crippen LogP contribution in [0, 0.1) is 0 Å². The lowest BCUT2D eigenvalue weighted by Crippen LogP contribution is -1.97. The van der Waals surface area contributed by atoms with E-state index in [9.17, 15) is 0 Å². The summed E-state index contributed by atoms with van der Waals surface area (Å²) < 4.78 is 0. The van der Waals surface area contributed by atoms with E-state index in [-0.39, 0.29) is 0 Å². The van der Waals surface area contributed by atoms with Crippen LogP contribution in [0.2, 0.25) is 0 Å². The van der Waals surface area contributed by atoms with Crippen molar-refractivity contribution >= 4 is 12.6 Å². The largest absolute Gasteiger partial charge is 0.399 e. The number of rotatable bonds is 5. The van der Waals surface area contributed by atoms with Crippen LogP contribution in [0.1, 0.15) is 39.5 Å². The zero-order valence-electron chi connectivity index (χ0n) is 8.01. The first-order chi connectivity index (χ1) is 5.72. The van der Waals surface area contributed by atoms with E-state index in [1.165, 1.54) is 24.8 Å². The van der Waals surface area contributed by atoms with Gasteiger partial charge in [0.2, 0.25) is 0 Å². The first-order valence-corrected chi connectivity index (χ1v) is 5.00. The molecule has 0 aliphatic rings. The van der Waals surface area contributed by atoms with Gasteiger partial charge in [0.15, 0.2) is 0 Å². The average Bonchev–Trinajstić information content (AvgIpc) is 2.05. The molecule has 0 unspecified atom stereocenters. The van der Waals surface area contributed by atoms with Crippen molar-refractivity contribution in [1.82, 2.24) is 0 Å². The summed E-state index contributed by atoms with van der Waals surface area (Å²) in [5.41, 5.74) is 7.89. The molecule has 2 heteroatoms. The summed E-state index contributed by atoms with van der Waals surface area (Å²) in [6.45, 7) is 4.29. The molecule has 0 saturated carbocycles. The van der Waals surface area contributed by atoms with E-state index in [4.69, 9.17) is 5.73 Å². The number of nitrogens with two attached hydrogens (primary N) is 1. The predicted octanol–water partition coefficient (Wildman–Crippen LogP) is 3.24. The van der Waals surface area contributed by atoms with Gasteiger partial charge in [0.1, 0.15) is 0 Å². The zero-order valence-corrected chi connectivity index (χ0v) is 8.90. The number of hydrogen-bond acceptors (Lipinski definition) is 2. The second-order valence-corrected chi connectivity index (χ2v) is 3.31. The van der Waals surface area contributed by atoms with E-state index in [0.717, 1.165) is 12.1 Å². The molecular formula is C10H19NS. The Morgan fingerprint density at radius 1 is 1.42 bits per heavy atom. The average molecular weight is 185 g/mol. The lowest BCUT2D eigenvalue weighted by molar-refractivity contribution is 0.710. The highest BCUT2D eigenvalue weighted by Gasteiger charge is 1.93. The minimum Gasteiger partial charge on any atom is -0.399 e. The van der Waals surface area contributed by atoms with E-state index in [2.05, 4.69) is 26.5 Å². The van der Waals surface area contributed by atoms with E-state index < -0.39 is 0 Å². The van der Waals surface area contributed by atoms with Gasteiger partial charge in [-0.3, -0.25) is 0 Å². The third-order valence-corrected chi connectivity index (χ3v) is 2.05. The minimum absolute atomic E-state index is 0.862. The molecule has 0 spiro atoms. The summed E-state index contributed by atoms with van der Waals surface area (Å²) in [4.78, 5) is 0. The van der Waals surface area contributed by atoms with Gasteiger partial charge in [-0.1, -0.05) is 25.3 Å². The molecule has 2 N–H and O–H groups in total. The summed E-state index contributed by atoms with van der Waals surface area (Å²) in [6.07, 6.45) is 6.73. The molecule has 0 heterocycles. The van der Waals surface area contributed by atoms with Crippen molar-refractivity contribution in [2.24, 2.45) is 5.73 Å². The van der Waals surface area contributed by atoms with Crippen LogP contribution in [0.5, 0.6) is 0 Å². The van der Waals surface area contributed by atoms with Crippen LogP contribution in [-0.4, -0.2) is 0 Å². The van der Waals surface area contributed by atoms with E-state index in [1.54, 1.807) is 5.41 Å². The third kappa shape index (κ3) is 5.30. The number of allylic oxidation sites excluding steroid dienone is 2. The molecule has 0 rings (SSSR count). The van der Waals surface area contributed by atoms with Crippen molar-refractivity contribution in [1.29, 1.82) is 0 Å². The van der Waals surface area contributed by atoms with Gasteiger partial charge in [0.05, 0.1) is 0 Å². The van der Waals surface area contributed by atoms with Crippen LogP contribution < -0.4 is 5.73 Å². The molecule has 70 valence electrons. The van der Waals surface area contributed by atoms with Crippen molar-refractivity contribution in [3.05, 3.63) is 22.8 Å². The summed E-state index contributed by atoms with van der Waals surface area (Å²) in [5.74, 6) is 0. The van der Waals surface area contributed by atoms with Gasteiger partial charge in [0.25, 0.3) is 0 Å². The lowest BCUT2D eigenvalue weighted by Gasteiger charge is -2.02. The van der Waals surface area contributed by atoms with Crippen LogP contribution in [0.3, 0.4) is 0 Å². The zero-order chi connectivity index (χ0) is 9.40. The Bertz CT molecular complexity index is 171. The third-order valence-electron chi connectivity index (χ3n) is 1.90. The highest BCUT2D eigenvalue weighted by Crippen LogP contribution is 2.10. The standard InChI is InChI=1S/C10H19NS/c1-3-4-5-6-9(2)10(11)7-8-12/h7-8,12H,3-6,11H2,1-2H3/b8-7-,10-9-. The van der Waals surface area contributed by atoms with Crippen molar-refractivity contribution in [2.45, 2.75) is 39.5 Å². The number of hydrogen-bond donors (Lipinski definition) is 2. The van der Waals surface area contributed by atoms with E-state index in [1.807, 2.05) is 6.08 Å². The Hall–Kier alpha value is -0.370. The van der Waals surface area contributed by atoms with Crippen LogP contribution in [-0.2, 0) is 0 Å². The molecular weight excluding hydrogens is 166 g/mol. The Morgan fingerprint density at radius 3 is 2.58 bits per heavy atom. The van der Waals surface area contributed by atoms with Crippen molar-refractivity contribution in [3.8, 4) is 0 Å². The molecule has 0 radical (unpaired) electrons. The highest BCUT2D eigenvalue weighted by atomic mass is 32.1. The van der Waals surface area contributed by atoms with Crippen molar-refractivity contribution in [3.63, 3.8) is 0 Å². The maximum Gasteiger partial charge on any atom is 0.0308 e. The SMILES string of the molecule is CCCCC/C(C)=C(N)/C=C\S. The molecule has 0 aromatic heterocycles. The molecule has 1 nitrogen and oxygen atoms in total. The van der Waals surface area contributed by atoms with Crippen LogP contribution in [0.15, 0.2) is 22.8 Å². The molecule has 0 fully saturated rings. The molecule has 0 aliphatic heterocycles. The van der Waals surface area contributed by atoms with Crippen LogP contribution in [0.4, 0.5) is 0 Å². The Kier molecular flexibility index (Phi) is 7.06. The molecule has 0 bridgehead atoms.